The Balaban J connectivity index is 2.57. The average molecular weight is 350 g/mol. The van der Waals surface area contributed by atoms with E-state index in [0.29, 0.717) is 0 Å². The lowest BCUT2D eigenvalue weighted by Crippen LogP contribution is -2.31. The Morgan fingerprint density at radius 3 is 2.43 bits per heavy atom. The van der Waals surface area contributed by atoms with Gasteiger partial charge in [0.1, 0.15) is 0 Å². The van der Waals surface area contributed by atoms with Gasteiger partial charge >= 0.3 is 5.69 Å². The Morgan fingerprint density at radius 1 is 1.14 bits per heavy atom. The molecule has 0 aliphatic carbocycles. The first-order chi connectivity index (χ1) is 9.72. The van der Waals surface area contributed by atoms with Crippen molar-refractivity contribution in [2.75, 3.05) is 4.72 Å². The van der Waals surface area contributed by atoms with Crippen molar-refractivity contribution >= 4 is 38.9 Å². The van der Waals surface area contributed by atoms with Crippen LogP contribution in [-0.4, -0.2) is 18.4 Å². The third-order valence-electron chi connectivity index (χ3n) is 2.54. The smallest absolute Gasteiger partial charge is 0.310 e. The number of hydrogen-bond acceptors (Lipinski definition) is 4. The second-order valence-electron chi connectivity index (χ2n) is 4.07. The summed E-state index contributed by atoms with van der Waals surface area (Å²) in [7, 11) is -4.24. The number of aromatic amines is 2. The lowest BCUT2D eigenvalue weighted by molar-refractivity contribution is 0.598. The van der Waals surface area contributed by atoms with Gasteiger partial charge in [-0.2, -0.15) is 0 Å². The van der Waals surface area contributed by atoms with E-state index in [9.17, 15) is 18.0 Å². The van der Waals surface area contributed by atoms with Gasteiger partial charge in [0.25, 0.3) is 15.6 Å². The summed E-state index contributed by atoms with van der Waals surface area (Å²) in [5.74, 6) is 0. The van der Waals surface area contributed by atoms with Crippen LogP contribution in [0.2, 0.25) is 10.0 Å². The maximum absolute atomic E-state index is 12.3. The normalized spacial score (nSPS) is 11.4. The Hall–Kier alpha value is -1.77. The minimum atomic E-state index is -4.24. The number of halogens is 2. The Kier molecular flexibility index (Phi) is 4.13. The fraction of sp³-hybridized carbons (Fsp3) is 0.0909. The molecule has 2 rings (SSSR count). The molecule has 0 spiro atoms. The molecular weight excluding hydrogens is 341 g/mol. The highest BCUT2D eigenvalue weighted by atomic mass is 35.5. The minimum Gasteiger partial charge on any atom is -0.310 e. The van der Waals surface area contributed by atoms with Crippen molar-refractivity contribution in [3.63, 3.8) is 0 Å². The van der Waals surface area contributed by atoms with Gasteiger partial charge in [-0.25, -0.2) is 13.2 Å². The van der Waals surface area contributed by atoms with Crippen LogP contribution < -0.4 is 16.0 Å². The number of sulfonamides is 1. The van der Waals surface area contributed by atoms with Crippen LogP contribution in [0.3, 0.4) is 0 Å². The highest BCUT2D eigenvalue weighted by Crippen LogP contribution is 2.30. The first-order valence-electron chi connectivity index (χ1n) is 5.52. The van der Waals surface area contributed by atoms with E-state index in [2.05, 4.69) is 9.71 Å². The monoisotopic (exact) mass is 349 g/mol. The lowest BCUT2D eigenvalue weighted by Gasteiger charge is -2.10. The zero-order valence-electron chi connectivity index (χ0n) is 10.5. The highest BCUT2D eigenvalue weighted by Gasteiger charge is 2.23. The number of hydrogen-bond donors (Lipinski definition) is 3. The summed E-state index contributed by atoms with van der Waals surface area (Å²) in [6.07, 6.45) is 0. The second-order valence-corrected chi connectivity index (χ2v) is 6.47. The molecule has 0 unspecified atom stereocenters. The second kappa shape index (κ2) is 5.55. The fourth-order valence-corrected chi connectivity index (χ4v) is 3.41. The summed E-state index contributed by atoms with van der Waals surface area (Å²) in [5.41, 5.74) is -1.89. The van der Waals surface area contributed by atoms with E-state index in [1.165, 1.54) is 25.1 Å². The molecule has 2 aromatic rings. The third kappa shape index (κ3) is 3.12. The summed E-state index contributed by atoms with van der Waals surface area (Å²) in [6, 6.07) is 4.37. The van der Waals surface area contributed by atoms with Crippen molar-refractivity contribution in [3.8, 4) is 0 Å². The van der Waals surface area contributed by atoms with Gasteiger partial charge in [0.15, 0.2) is 4.90 Å². The standard InChI is InChI=1S/C11H9Cl2N3O4S/c1-5-9(10(17)15-11(18)14-5)21(19,20)16-7-4-2-3-6(12)8(7)13/h2-4,16H,1H3,(H2,14,15,17,18). The molecule has 1 heterocycles. The van der Waals surface area contributed by atoms with Crippen LogP contribution in [0.4, 0.5) is 5.69 Å². The van der Waals surface area contributed by atoms with Crippen molar-refractivity contribution in [3.05, 3.63) is 54.8 Å². The number of aryl methyl sites for hydroxylation is 1. The predicted molar refractivity (Wildman–Crippen MR) is 79.7 cm³/mol. The van der Waals surface area contributed by atoms with Crippen LogP contribution >= 0.6 is 23.2 Å². The van der Waals surface area contributed by atoms with Crippen LogP contribution in [0, 0.1) is 6.92 Å². The van der Waals surface area contributed by atoms with Gasteiger partial charge in [-0.15, -0.1) is 0 Å². The molecule has 1 aromatic carbocycles. The maximum atomic E-state index is 12.3. The molecule has 0 aliphatic rings. The lowest BCUT2D eigenvalue weighted by atomic mass is 10.3. The molecule has 3 N–H and O–H groups in total. The number of H-pyrrole nitrogens is 2. The van der Waals surface area contributed by atoms with E-state index in [1.807, 2.05) is 4.98 Å². The summed E-state index contributed by atoms with van der Waals surface area (Å²) >= 11 is 11.7. The van der Waals surface area contributed by atoms with Gasteiger partial charge in [-0.3, -0.25) is 14.5 Å². The van der Waals surface area contributed by atoms with Crippen molar-refractivity contribution < 1.29 is 8.42 Å². The summed E-state index contributed by atoms with van der Waals surface area (Å²) < 4.78 is 26.7. The van der Waals surface area contributed by atoms with Crippen molar-refractivity contribution in [2.24, 2.45) is 0 Å². The Bertz CT molecular complexity index is 918. The summed E-state index contributed by atoms with van der Waals surface area (Å²) in [5, 5.41) is 0.158. The molecule has 21 heavy (non-hydrogen) atoms. The predicted octanol–water partition coefficient (Wildman–Crippen LogP) is 1.48. The zero-order valence-corrected chi connectivity index (χ0v) is 12.9. The molecule has 10 heteroatoms. The molecule has 1 aromatic heterocycles. The van der Waals surface area contributed by atoms with Crippen LogP contribution in [0.5, 0.6) is 0 Å². The molecule has 0 bridgehead atoms. The van der Waals surface area contributed by atoms with E-state index in [4.69, 9.17) is 23.2 Å². The quantitative estimate of drug-likeness (QED) is 0.778. The van der Waals surface area contributed by atoms with Crippen LogP contribution in [0.1, 0.15) is 5.69 Å². The first-order valence-corrected chi connectivity index (χ1v) is 7.76. The molecular formula is C11H9Cl2N3O4S. The van der Waals surface area contributed by atoms with Crippen molar-refractivity contribution in [1.29, 1.82) is 0 Å². The number of aromatic nitrogens is 2. The SMILES string of the molecule is Cc1[nH]c(=O)[nH]c(=O)c1S(=O)(=O)Nc1cccc(Cl)c1Cl. The van der Waals surface area contributed by atoms with Crippen LogP contribution in [0.15, 0.2) is 32.7 Å². The van der Waals surface area contributed by atoms with E-state index in [0.717, 1.165) is 0 Å². The third-order valence-corrected chi connectivity index (χ3v) is 4.88. The van der Waals surface area contributed by atoms with E-state index < -0.39 is 26.2 Å². The molecule has 0 amide bonds. The Morgan fingerprint density at radius 2 is 1.81 bits per heavy atom. The van der Waals surface area contributed by atoms with Gasteiger partial charge in [0.2, 0.25) is 0 Å². The number of nitrogens with one attached hydrogen (secondary N) is 3. The summed E-state index contributed by atoms with van der Waals surface area (Å²) in [4.78, 5) is 26.2. The van der Waals surface area contributed by atoms with Gasteiger partial charge in [-0.05, 0) is 19.1 Å². The molecule has 7 nitrogen and oxygen atoms in total. The topological polar surface area (TPSA) is 112 Å². The molecule has 0 radical (unpaired) electrons. The van der Waals surface area contributed by atoms with E-state index >= 15 is 0 Å². The minimum absolute atomic E-state index is 0.00116. The van der Waals surface area contributed by atoms with Gasteiger partial charge < -0.3 is 4.98 Å². The average Bonchev–Trinajstić information content (AvgIpc) is 2.33. The first kappa shape index (κ1) is 15.6. The van der Waals surface area contributed by atoms with Crippen LogP contribution in [0.25, 0.3) is 0 Å². The molecule has 0 atom stereocenters. The van der Waals surface area contributed by atoms with Crippen molar-refractivity contribution in [1.82, 2.24) is 9.97 Å². The maximum Gasteiger partial charge on any atom is 0.325 e. The number of rotatable bonds is 3. The highest BCUT2D eigenvalue weighted by molar-refractivity contribution is 7.92. The molecule has 112 valence electrons. The van der Waals surface area contributed by atoms with Crippen LogP contribution in [-0.2, 0) is 10.0 Å². The van der Waals surface area contributed by atoms with Crippen molar-refractivity contribution in [2.45, 2.75) is 11.8 Å². The fourth-order valence-electron chi connectivity index (χ4n) is 1.69. The van der Waals surface area contributed by atoms with E-state index in [-0.39, 0.29) is 21.4 Å². The van der Waals surface area contributed by atoms with Gasteiger partial charge in [0, 0.05) is 5.69 Å². The molecule has 0 fully saturated rings. The molecule has 0 saturated heterocycles. The molecule has 0 saturated carbocycles. The van der Waals surface area contributed by atoms with Gasteiger partial charge in [0.05, 0.1) is 15.7 Å². The Labute approximate surface area is 129 Å². The molecule has 0 aliphatic heterocycles. The van der Waals surface area contributed by atoms with Gasteiger partial charge in [-0.1, -0.05) is 29.3 Å². The number of anilines is 1. The largest absolute Gasteiger partial charge is 0.325 e. The summed E-state index contributed by atoms with van der Waals surface area (Å²) in [6.45, 7) is 1.30. The van der Waals surface area contributed by atoms with E-state index in [1.54, 1.807) is 0 Å². The number of benzene rings is 1. The zero-order chi connectivity index (χ0) is 15.8.